The van der Waals surface area contributed by atoms with E-state index in [0.29, 0.717) is 24.3 Å². The number of hydrogen-bond donors (Lipinski definition) is 0. The van der Waals surface area contributed by atoms with Crippen molar-refractivity contribution in [3.63, 3.8) is 0 Å². The average molecular weight is 167 g/mol. The van der Waals surface area contributed by atoms with Gasteiger partial charge in [0, 0.05) is 5.56 Å². The van der Waals surface area contributed by atoms with E-state index in [1.165, 1.54) is 18.2 Å². The molecule has 1 heterocycles. The summed E-state index contributed by atoms with van der Waals surface area (Å²) >= 11 is 0. The van der Waals surface area contributed by atoms with Gasteiger partial charge in [-0.05, 0) is 18.2 Å². The van der Waals surface area contributed by atoms with E-state index in [1.807, 2.05) is 0 Å². The summed E-state index contributed by atoms with van der Waals surface area (Å²) < 4.78 is 12.6. The molecule has 0 aromatic heterocycles. The zero-order chi connectivity index (χ0) is 8.55. The van der Waals surface area contributed by atoms with Gasteiger partial charge in [0.1, 0.15) is 5.82 Å². The molecule has 0 fully saturated rings. The summed E-state index contributed by atoms with van der Waals surface area (Å²) in [5.74, 6) is 0.230. The van der Waals surface area contributed by atoms with Crippen LogP contribution in [0.3, 0.4) is 0 Å². The van der Waals surface area contributed by atoms with Crippen molar-refractivity contribution in [2.75, 3.05) is 0 Å². The van der Waals surface area contributed by atoms with E-state index in [1.54, 1.807) is 0 Å². The molecule has 0 N–H and O–H groups in total. The van der Waals surface area contributed by atoms with Crippen molar-refractivity contribution >= 4 is 6.41 Å². The Morgan fingerprint density at radius 1 is 1.58 bits per heavy atom. The molecule has 3 nitrogen and oxygen atoms in total. The van der Waals surface area contributed by atoms with Gasteiger partial charge >= 0.3 is 0 Å². The molecule has 0 spiro atoms. The lowest BCUT2D eigenvalue weighted by Crippen LogP contribution is -2.18. The number of carbonyl (C=O) groups excluding carboxylic acids is 1. The molecule has 0 radical (unpaired) electrons. The molecule has 1 aromatic carbocycles. The lowest BCUT2D eigenvalue weighted by Gasteiger charge is -2.04. The van der Waals surface area contributed by atoms with Crippen LogP contribution >= 0.6 is 0 Å². The minimum Gasteiger partial charge on any atom is -0.376 e. The number of carbonyl (C=O) groups is 1. The van der Waals surface area contributed by atoms with Crippen LogP contribution in [0.2, 0.25) is 0 Å². The van der Waals surface area contributed by atoms with Crippen molar-refractivity contribution in [3.05, 3.63) is 29.6 Å². The zero-order valence-corrected chi connectivity index (χ0v) is 6.16. The van der Waals surface area contributed by atoms with Gasteiger partial charge in [0.15, 0.2) is 5.75 Å². The highest BCUT2D eigenvalue weighted by Gasteiger charge is 2.19. The van der Waals surface area contributed by atoms with Gasteiger partial charge in [-0.1, -0.05) is 0 Å². The highest BCUT2D eigenvalue weighted by Crippen LogP contribution is 2.27. The van der Waals surface area contributed by atoms with Crippen LogP contribution in [0.5, 0.6) is 5.75 Å². The molecule has 4 heteroatoms. The summed E-state index contributed by atoms with van der Waals surface area (Å²) in [5, 5.41) is 1.12. The summed E-state index contributed by atoms with van der Waals surface area (Å²) in [6, 6.07) is 4.17. The van der Waals surface area contributed by atoms with E-state index in [0.717, 1.165) is 5.06 Å². The van der Waals surface area contributed by atoms with Gasteiger partial charge in [0.05, 0.1) is 6.54 Å². The number of amides is 1. The molecule has 0 atom stereocenters. The Labute approximate surface area is 68.3 Å². The first-order valence-corrected chi connectivity index (χ1v) is 3.48. The topological polar surface area (TPSA) is 29.5 Å². The van der Waals surface area contributed by atoms with Gasteiger partial charge in [-0.3, -0.25) is 4.79 Å². The Bertz CT molecular complexity index is 327. The fourth-order valence-electron chi connectivity index (χ4n) is 1.15. The Hall–Kier alpha value is -1.58. The van der Waals surface area contributed by atoms with Gasteiger partial charge < -0.3 is 4.84 Å². The predicted molar refractivity (Wildman–Crippen MR) is 38.6 cm³/mol. The predicted octanol–water partition coefficient (Wildman–Crippen LogP) is 1.09. The normalized spacial score (nSPS) is 13.9. The van der Waals surface area contributed by atoms with Crippen molar-refractivity contribution in [2.24, 2.45) is 0 Å². The molecule has 1 aliphatic heterocycles. The largest absolute Gasteiger partial charge is 0.376 e. The fourth-order valence-corrected chi connectivity index (χ4v) is 1.15. The molecule has 1 aliphatic rings. The first kappa shape index (κ1) is 7.09. The molecule has 62 valence electrons. The van der Waals surface area contributed by atoms with Crippen LogP contribution < -0.4 is 4.84 Å². The molecule has 1 amide bonds. The third kappa shape index (κ3) is 1.01. The van der Waals surface area contributed by atoms with Gasteiger partial charge in [-0.2, -0.15) is 5.06 Å². The summed E-state index contributed by atoms with van der Waals surface area (Å²) in [6.07, 6.45) is 0.567. The van der Waals surface area contributed by atoms with Crippen molar-refractivity contribution in [1.29, 1.82) is 0 Å². The minimum absolute atomic E-state index is 0.315. The van der Waals surface area contributed by atoms with Gasteiger partial charge in [-0.15, -0.1) is 0 Å². The molecular formula is C8H6FNO2. The van der Waals surface area contributed by atoms with E-state index in [4.69, 9.17) is 4.84 Å². The van der Waals surface area contributed by atoms with Crippen LogP contribution in [-0.2, 0) is 11.3 Å². The first-order valence-electron chi connectivity index (χ1n) is 3.48. The second-order valence-electron chi connectivity index (χ2n) is 2.52. The number of halogens is 1. The minimum atomic E-state index is -0.315. The third-order valence-corrected chi connectivity index (χ3v) is 1.68. The van der Waals surface area contributed by atoms with E-state index in [9.17, 15) is 9.18 Å². The quantitative estimate of drug-likeness (QED) is 0.586. The summed E-state index contributed by atoms with van der Waals surface area (Å²) in [5.41, 5.74) is 0.696. The van der Waals surface area contributed by atoms with Crippen molar-refractivity contribution in [3.8, 4) is 5.75 Å². The monoisotopic (exact) mass is 167 g/mol. The maximum atomic E-state index is 12.6. The summed E-state index contributed by atoms with van der Waals surface area (Å²) in [7, 11) is 0. The number of benzene rings is 1. The number of rotatable bonds is 1. The summed E-state index contributed by atoms with van der Waals surface area (Å²) in [4.78, 5) is 15.3. The lowest BCUT2D eigenvalue weighted by atomic mass is 10.2. The molecule has 0 saturated heterocycles. The molecule has 0 bridgehead atoms. The van der Waals surface area contributed by atoms with Crippen LogP contribution in [0, 0.1) is 5.82 Å². The van der Waals surface area contributed by atoms with Crippen molar-refractivity contribution in [1.82, 2.24) is 5.06 Å². The van der Waals surface area contributed by atoms with E-state index < -0.39 is 0 Å². The Balaban J connectivity index is 2.35. The Kier molecular flexibility index (Phi) is 1.46. The van der Waals surface area contributed by atoms with E-state index in [-0.39, 0.29) is 5.82 Å². The average Bonchev–Trinajstić information content (AvgIpc) is 2.46. The van der Waals surface area contributed by atoms with Gasteiger partial charge in [0.2, 0.25) is 6.41 Å². The highest BCUT2D eigenvalue weighted by atomic mass is 19.1. The van der Waals surface area contributed by atoms with Crippen molar-refractivity contribution in [2.45, 2.75) is 6.54 Å². The molecule has 0 unspecified atom stereocenters. The first-order chi connectivity index (χ1) is 5.79. The third-order valence-electron chi connectivity index (χ3n) is 1.68. The summed E-state index contributed by atoms with van der Waals surface area (Å²) in [6.45, 7) is 0.316. The second kappa shape index (κ2) is 2.48. The van der Waals surface area contributed by atoms with Crippen LogP contribution in [0.15, 0.2) is 18.2 Å². The Morgan fingerprint density at radius 3 is 3.17 bits per heavy atom. The molecule has 2 rings (SSSR count). The standard InChI is InChI=1S/C8H6FNO2/c9-7-1-2-8-6(3-7)4-10(5-11)12-8/h1-3,5H,4H2. The van der Waals surface area contributed by atoms with Gasteiger partial charge in [-0.25, -0.2) is 4.39 Å². The number of hydroxylamine groups is 2. The molecule has 0 aliphatic carbocycles. The second-order valence-corrected chi connectivity index (χ2v) is 2.52. The maximum absolute atomic E-state index is 12.6. The van der Waals surface area contributed by atoms with Crippen LogP contribution in [0.1, 0.15) is 5.56 Å². The lowest BCUT2D eigenvalue weighted by molar-refractivity contribution is -0.139. The molecule has 1 aromatic rings. The highest BCUT2D eigenvalue weighted by molar-refractivity contribution is 5.50. The van der Waals surface area contributed by atoms with Crippen LogP contribution in [0.25, 0.3) is 0 Å². The molecular weight excluding hydrogens is 161 g/mol. The van der Waals surface area contributed by atoms with Crippen LogP contribution in [-0.4, -0.2) is 11.5 Å². The molecule has 0 saturated carbocycles. The van der Waals surface area contributed by atoms with Crippen molar-refractivity contribution < 1.29 is 14.0 Å². The smallest absolute Gasteiger partial charge is 0.242 e. The van der Waals surface area contributed by atoms with Crippen LogP contribution in [0.4, 0.5) is 4.39 Å². The Morgan fingerprint density at radius 2 is 2.42 bits per heavy atom. The SMILES string of the molecule is O=CN1Cc2cc(F)ccc2O1. The maximum Gasteiger partial charge on any atom is 0.242 e. The number of fused-ring (bicyclic) bond motifs is 1. The number of nitrogens with zero attached hydrogens (tertiary/aromatic N) is 1. The van der Waals surface area contributed by atoms with Gasteiger partial charge in [0.25, 0.3) is 0 Å². The number of hydrogen-bond acceptors (Lipinski definition) is 2. The zero-order valence-electron chi connectivity index (χ0n) is 6.16. The fraction of sp³-hybridized carbons (Fsp3) is 0.125. The van der Waals surface area contributed by atoms with E-state index >= 15 is 0 Å². The van der Waals surface area contributed by atoms with E-state index in [2.05, 4.69) is 0 Å². The molecule has 12 heavy (non-hydrogen) atoms.